The molecule has 4 heteroatoms. The molecule has 0 spiro atoms. The van der Waals surface area contributed by atoms with E-state index in [2.05, 4.69) is 17.1 Å². The van der Waals surface area contributed by atoms with E-state index in [9.17, 15) is 9.90 Å². The van der Waals surface area contributed by atoms with E-state index in [1.807, 2.05) is 20.8 Å². The van der Waals surface area contributed by atoms with E-state index >= 15 is 0 Å². The Morgan fingerprint density at radius 1 is 1.35 bits per heavy atom. The van der Waals surface area contributed by atoms with E-state index in [4.69, 9.17) is 0 Å². The van der Waals surface area contributed by atoms with Gasteiger partial charge in [-0.25, -0.2) is 0 Å². The molecule has 0 saturated heterocycles. The summed E-state index contributed by atoms with van der Waals surface area (Å²) >= 11 is 0. The van der Waals surface area contributed by atoms with E-state index in [-0.39, 0.29) is 6.04 Å². The highest BCUT2D eigenvalue weighted by Gasteiger charge is 2.34. The largest absolute Gasteiger partial charge is 0.480 e. The molecule has 0 aromatic heterocycles. The van der Waals surface area contributed by atoms with Crippen molar-refractivity contribution in [1.82, 2.24) is 10.2 Å². The molecule has 0 radical (unpaired) electrons. The van der Waals surface area contributed by atoms with Crippen LogP contribution < -0.4 is 5.32 Å². The Bertz CT molecular complexity index is 303. The van der Waals surface area contributed by atoms with Crippen LogP contribution in [0.3, 0.4) is 0 Å². The molecule has 0 amide bonds. The van der Waals surface area contributed by atoms with Crippen LogP contribution in [0.25, 0.3) is 0 Å². The van der Waals surface area contributed by atoms with Crippen LogP contribution in [-0.4, -0.2) is 46.7 Å². The third-order valence-corrected chi connectivity index (χ3v) is 4.06. The average molecular weight is 284 g/mol. The predicted molar refractivity (Wildman–Crippen MR) is 83.0 cm³/mol. The van der Waals surface area contributed by atoms with Gasteiger partial charge in [-0.3, -0.25) is 10.1 Å². The zero-order valence-corrected chi connectivity index (χ0v) is 13.6. The average Bonchev–Trinajstić information content (AvgIpc) is 3.16. The maximum Gasteiger partial charge on any atom is 0.323 e. The highest BCUT2D eigenvalue weighted by atomic mass is 16.4. The van der Waals surface area contributed by atoms with Crippen LogP contribution >= 0.6 is 0 Å². The lowest BCUT2D eigenvalue weighted by Gasteiger charge is -2.30. The van der Waals surface area contributed by atoms with Crippen molar-refractivity contribution < 1.29 is 9.90 Å². The first-order valence-corrected chi connectivity index (χ1v) is 8.14. The fourth-order valence-corrected chi connectivity index (χ4v) is 2.79. The Labute approximate surface area is 123 Å². The van der Waals surface area contributed by atoms with Crippen LogP contribution in [0.1, 0.15) is 66.2 Å². The van der Waals surface area contributed by atoms with Crippen molar-refractivity contribution >= 4 is 5.97 Å². The molecule has 0 bridgehead atoms. The van der Waals surface area contributed by atoms with Crippen LogP contribution in [-0.2, 0) is 4.79 Å². The van der Waals surface area contributed by atoms with Crippen LogP contribution in [0.5, 0.6) is 0 Å². The second-order valence-electron chi connectivity index (χ2n) is 6.66. The molecule has 0 aromatic carbocycles. The second-order valence-corrected chi connectivity index (χ2v) is 6.66. The van der Waals surface area contributed by atoms with Crippen molar-refractivity contribution in [2.45, 2.75) is 83.8 Å². The molecule has 0 aromatic rings. The number of unbranched alkanes of at least 4 members (excludes halogenated alkanes) is 1. The van der Waals surface area contributed by atoms with Gasteiger partial charge in [-0.15, -0.1) is 0 Å². The molecule has 1 atom stereocenters. The Morgan fingerprint density at radius 3 is 2.40 bits per heavy atom. The van der Waals surface area contributed by atoms with Gasteiger partial charge in [-0.1, -0.05) is 13.3 Å². The molecule has 2 N–H and O–H groups in total. The van der Waals surface area contributed by atoms with Crippen molar-refractivity contribution in [3.05, 3.63) is 0 Å². The Hall–Kier alpha value is -0.610. The van der Waals surface area contributed by atoms with Gasteiger partial charge in [-0.2, -0.15) is 0 Å². The standard InChI is InChI=1S/C16H32N2O2/c1-5-6-11-18(14-8-9-14)12-7-10-16(4,15(19)20)17-13(2)3/h13-14,17H,5-12H2,1-4H3,(H,19,20). The fraction of sp³-hybridized carbons (Fsp3) is 0.938. The molecule has 1 saturated carbocycles. The number of hydrogen-bond donors (Lipinski definition) is 2. The maximum atomic E-state index is 11.5. The summed E-state index contributed by atoms with van der Waals surface area (Å²) in [7, 11) is 0. The molecule has 0 heterocycles. The number of nitrogens with one attached hydrogen (secondary N) is 1. The van der Waals surface area contributed by atoms with E-state index in [0.717, 1.165) is 19.0 Å². The number of aliphatic carboxylic acids is 1. The summed E-state index contributed by atoms with van der Waals surface area (Å²) in [5.41, 5.74) is -0.797. The number of rotatable bonds is 11. The first kappa shape index (κ1) is 17.4. The summed E-state index contributed by atoms with van der Waals surface area (Å²) in [6, 6.07) is 0.964. The molecular formula is C16H32N2O2. The number of hydrogen-bond acceptors (Lipinski definition) is 3. The lowest BCUT2D eigenvalue weighted by Crippen LogP contribution is -2.52. The molecule has 1 aliphatic carbocycles. The molecule has 4 nitrogen and oxygen atoms in total. The first-order chi connectivity index (χ1) is 9.39. The molecule has 1 fully saturated rings. The molecule has 118 valence electrons. The molecule has 1 unspecified atom stereocenters. The lowest BCUT2D eigenvalue weighted by atomic mass is 9.94. The SMILES string of the molecule is CCCCN(CCCC(C)(NC(C)C)C(=O)O)C1CC1. The maximum absolute atomic E-state index is 11.5. The van der Waals surface area contributed by atoms with Crippen molar-refractivity contribution in [1.29, 1.82) is 0 Å². The number of carboxylic acid groups (broad SMARTS) is 1. The van der Waals surface area contributed by atoms with Crippen molar-refractivity contribution in [2.24, 2.45) is 0 Å². The molecule has 1 rings (SSSR count). The van der Waals surface area contributed by atoms with Gasteiger partial charge < -0.3 is 10.0 Å². The highest BCUT2D eigenvalue weighted by Crippen LogP contribution is 2.28. The monoisotopic (exact) mass is 284 g/mol. The van der Waals surface area contributed by atoms with Gasteiger partial charge in [0.2, 0.25) is 0 Å². The smallest absolute Gasteiger partial charge is 0.323 e. The third kappa shape index (κ3) is 5.80. The normalized spacial score (nSPS) is 18.5. The third-order valence-electron chi connectivity index (χ3n) is 4.06. The van der Waals surface area contributed by atoms with Crippen LogP contribution in [0, 0.1) is 0 Å². The number of carboxylic acids is 1. The Kier molecular flexibility index (Phi) is 6.96. The summed E-state index contributed by atoms with van der Waals surface area (Å²) in [4.78, 5) is 14.0. The van der Waals surface area contributed by atoms with Gasteiger partial charge >= 0.3 is 5.97 Å². The summed E-state index contributed by atoms with van der Waals surface area (Å²) in [6.07, 6.45) is 6.76. The predicted octanol–water partition coefficient (Wildman–Crippen LogP) is 2.87. The zero-order valence-electron chi connectivity index (χ0n) is 13.6. The van der Waals surface area contributed by atoms with Gasteiger partial charge in [0, 0.05) is 12.1 Å². The highest BCUT2D eigenvalue weighted by molar-refractivity contribution is 5.78. The minimum Gasteiger partial charge on any atom is -0.480 e. The van der Waals surface area contributed by atoms with E-state index in [0.29, 0.717) is 6.42 Å². The lowest BCUT2D eigenvalue weighted by molar-refractivity contribution is -0.144. The Balaban J connectivity index is 2.40. The molecule has 0 aliphatic heterocycles. The summed E-state index contributed by atoms with van der Waals surface area (Å²) in [5, 5.41) is 12.6. The van der Waals surface area contributed by atoms with Crippen LogP contribution in [0.15, 0.2) is 0 Å². The summed E-state index contributed by atoms with van der Waals surface area (Å²) < 4.78 is 0. The van der Waals surface area contributed by atoms with Gasteiger partial charge in [-0.05, 0) is 66.0 Å². The molecule has 20 heavy (non-hydrogen) atoms. The second kappa shape index (κ2) is 7.99. The van der Waals surface area contributed by atoms with Gasteiger partial charge in [0.1, 0.15) is 5.54 Å². The molecular weight excluding hydrogens is 252 g/mol. The topological polar surface area (TPSA) is 52.6 Å². The van der Waals surface area contributed by atoms with E-state index in [1.54, 1.807) is 0 Å². The first-order valence-electron chi connectivity index (χ1n) is 8.14. The molecule has 1 aliphatic rings. The quantitative estimate of drug-likeness (QED) is 0.612. The minimum atomic E-state index is -0.797. The van der Waals surface area contributed by atoms with Gasteiger partial charge in [0.25, 0.3) is 0 Å². The fourth-order valence-electron chi connectivity index (χ4n) is 2.79. The van der Waals surface area contributed by atoms with E-state index < -0.39 is 11.5 Å². The zero-order chi connectivity index (χ0) is 15.2. The summed E-state index contributed by atoms with van der Waals surface area (Å²) in [5.74, 6) is -0.738. The van der Waals surface area contributed by atoms with Gasteiger partial charge in [0.05, 0.1) is 0 Å². The van der Waals surface area contributed by atoms with Crippen molar-refractivity contribution in [3.8, 4) is 0 Å². The van der Waals surface area contributed by atoms with Crippen LogP contribution in [0.4, 0.5) is 0 Å². The Morgan fingerprint density at radius 2 is 1.95 bits per heavy atom. The van der Waals surface area contributed by atoms with Crippen molar-refractivity contribution in [2.75, 3.05) is 13.1 Å². The minimum absolute atomic E-state index is 0.190. The number of nitrogens with zero attached hydrogens (tertiary/aromatic N) is 1. The number of carbonyl (C=O) groups is 1. The van der Waals surface area contributed by atoms with E-state index in [1.165, 1.54) is 32.2 Å². The van der Waals surface area contributed by atoms with Gasteiger partial charge in [0.15, 0.2) is 0 Å². The van der Waals surface area contributed by atoms with Crippen molar-refractivity contribution in [3.63, 3.8) is 0 Å². The summed E-state index contributed by atoms with van der Waals surface area (Å²) in [6.45, 7) is 10.2. The van der Waals surface area contributed by atoms with Crippen LogP contribution in [0.2, 0.25) is 0 Å².